The van der Waals surface area contributed by atoms with Crippen molar-refractivity contribution in [2.24, 2.45) is 0 Å². The molecule has 6 heteroatoms. The van der Waals surface area contributed by atoms with Gasteiger partial charge in [0.25, 0.3) is 0 Å². The fourth-order valence-electron chi connectivity index (χ4n) is 2.45. The molecule has 2 unspecified atom stereocenters. The first kappa shape index (κ1) is 15.7. The predicted molar refractivity (Wildman–Crippen MR) is 82.8 cm³/mol. The smallest absolute Gasteiger partial charge is 0.179 e. The molecule has 1 saturated heterocycles. The summed E-state index contributed by atoms with van der Waals surface area (Å²) in [5, 5.41) is 0. The third-order valence-electron chi connectivity index (χ3n) is 3.90. The van der Waals surface area contributed by atoms with Gasteiger partial charge in [0.15, 0.2) is 15.6 Å². The summed E-state index contributed by atoms with van der Waals surface area (Å²) in [6, 6.07) is 6.84. The molecule has 110 valence electrons. The molecular formula is C14H18BrNO3S. The Balaban J connectivity index is 2.08. The van der Waals surface area contributed by atoms with Gasteiger partial charge in [-0.05, 0) is 32.5 Å². The summed E-state index contributed by atoms with van der Waals surface area (Å²) < 4.78 is 24.0. The van der Waals surface area contributed by atoms with Crippen molar-refractivity contribution in [1.29, 1.82) is 0 Å². The summed E-state index contributed by atoms with van der Waals surface area (Å²) >= 11 is 3.34. The first-order chi connectivity index (χ1) is 9.30. The van der Waals surface area contributed by atoms with Crippen LogP contribution >= 0.6 is 15.9 Å². The van der Waals surface area contributed by atoms with E-state index in [9.17, 15) is 13.2 Å². The zero-order valence-corrected chi connectivity index (χ0v) is 13.9. The monoisotopic (exact) mass is 359 g/mol. The van der Waals surface area contributed by atoms with Gasteiger partial charge in [0.1, 0.15) is 0 Å². The first-order valence-electron chi connectivity index (χ1n) is 6.52. The zero-order valence-electron chi connectivity index (χ0n) is 11.5. The minimum absolute atomic E-state index is 0.0179. The van der Waals surface area contributed by atoms with Crippen LogP contribution in [-0.4, -0.2) is 49.7 Å². The van der Waals surface area contributed by atoms with Crippen molar-refractivity contribution in [2.75, 3.05) is 18.6 Å². The highest BCUT2D eigenvalue weighted by molar-refractivity contribution is 9.10. The van der Waals surface area contributed by atoms with Crippen LogP contribution in [0.2, 0.25) is 0 Å². The van der Waals surface area contributed by atoms with Crippen molar-refractivity contribution < 1.29 is 13.2 Å². The molecule has 1 aromatic rings. The number of ketones is 1. The quantitative estimate of drug-likeness (QED) is 0.772. The van der Waals surface area contributed by atoms with Gasteiger partial charge in [-0.3, -0.25) is 9.69 Å². The summed E-state index contributed by atoms with van der Waals surface area (Å²) in [7, 11) is -1.10. The molecular weight excluding hydrogens is 342 g/mol. The highest BCUT2D eigenvalue weighted by atomic mass is 79.9. The van der Waals surface area contributed by atoms with E-state index in [0.29, 0.717) is 12.0 Å². The summed E-state index contributed by atoms with van der Waals surface area (Å²) in [5.41, 5.74) is 0.647. The minimum Gasteiger partial charge on any atom is -0.293 e. The van der Waals surface area contributed by atoms with Gasteiger partial charge in [0.05, 0.1) is 17.5 Å². The largest absolute Gasteiger partial charge is 0.293 e. The van der Waals surface area contributed by atoms with E-state index in [1.165, 1.54) is 0 Å². The van der Waals surface area contributed by atoms with E-state index in [0.717, 1.165) is 4.47 Å². The Morgan fingerprint density at radius 1 is 1.35 bits per heavy atom. The highest BCUT2D eigenvalue weighted by Crippen LogP contribution is 2.20. The van der Waals surface area contributed by atoms with Crippen molar-refractivity contribution in [3.05, 3.63) is 34.3 Å². The van der Waals surface area contributed by atoms with Crippen LogP contribution in [-0.2, 0) is 9.84 Å². The van der Waals surface area contributed by atoms with Crippen LogP contribution in [0.4, 0.5) is 0 Å². The molecule has 0 N–H and O–H groups in total. The molecule has 1 aliphatic heterocycles. The van der Waals surface area contributed by atoms with Crippen LogP contribution in [0.25, 0.3) is 0 Å². The van der Waals surface area contributed by atoms with Gasteiger partial charge in [-0.15, -0.1) is 0 Å². The normalized spacial score (nSPS) is 22.9. The van der Waals surface area contributed by atoms with E-state index < -0.39 is 9.84 Å². The summed E-state index contributed by atoms with van der Waals surface area (Å²) in [6.45, 7) is 1.83. The van der Waals surface area contributed by atoms with Gasteiger partial charge in [0.2, 0.25) is 0 Å². The molecule has 0 amide bonds. The van der Waals surface area contributed by atoms with Crippen LogP contribution < -0.4 is 0 Å². The molecule has 0 aromatic heterocycles. The lowest BCUT2D eigenvalue weighted by atomic mass is 10.0. The van der Waals surface area contributed by atoms with Crippen molar-refractivity contribution in [3.8, 4) is 0 Å². The topological polar surface area (TPSA) is 54.5 Å². The number of benzene rings is 1. The number of rotatable bonds is 4. The number of Topliss-reactive ketones (excluding diaryl/α,β-unsaturated/α-hetero) is 1. The molecule has 1 aliphatic rings. The summed E-state index contributed by atoms with van der Waals surface area (Å²) in [5.74, 6) is 0.396. The van der Waals surface area contributed by atoms with E-state index >= 15 is 0 Å². The maximum Gasteiger partial charge on any atom is 0.179 e. The van der Waals surface area contributed by atoms with Gasteiger partial charge >= 0.3 is 0 Å². The Kier molecular flexibility index (Phi) is 4.66. The average Bonchev–Trinajstić information content (AvgIpc) is 2.77. The van der Waals surface area contributed by atoms with E-state index in [1.807, 2.05) is 31.0 Å². The van der Waals surface area contributed by atoms with Gasteiger partial charge in [0, 0.05) is 16.1 Å². The van der Waals surface area contributed by atoms with Gasteiger partial charge < -0.3 is 0 Å². The summed E-state index contributed by atoms with van der Waals surface area (Å²) in [4.78, 5) is 14.3. The number of hydrogen-bond donors (Lipinski definition) is 0. The zero-order chi connectivity index (χ0) is 14.9. The lowest BCUT2D eigenvalue weighted by molar-refractivity contribution is 0.0830. The van der Waals surface area contributed by atoms with Crippen molar-refractivity contribution in [3.63, 3.8) is 0 Å². The number of hydrogen-bond acceptors (Lipinski definition) is 4. The lowest BCUT2D eigenvalue weighted by Crippen LogP contribution is -2.43. The van der Waals surface area contributed by atoms with Crippen LogP contribution in [0.3, 0.4) is 0 Å². The average molecular weight is 360 g/mol. The van der Waals surface area contributed by atoms with Crippen LogP contribution in [0.1, 0.15) is 23.7 Å². The second kappa shape index (κ2) is 5.95. The third-order valence-corrected chi connectivity index (χ3v) is 6.18. The lowest BCUT2D eigenvalue weighted by Gasteiger charge is -2.28. The minimum atomic E-state index is -2.93. The van der Waals surface area contributed by atoms with E-state index in [4.69, 9.17) is 0 Å². The van der Waals surface area contributed by atoms with E-state index in [-0.39, 0.29) is 29.4 Å². The standard InChI is InChI=1S/C14H18BrNO3S/c1-10(14(17)11-3-5-12(15)6-4-11)16(2)13-7-8-20(18,19)9-13/h3-6,10,13H,7-9H2,1-2H3. The Bertz CT molecular complexity index is 597. The predicted octanol–water partition coefficient (Wildman–Crippen LogP) is 2.14. The molecule has 1 fully saturated rings. The number of halogens is 1. The SMILES string of the molecule is CC(C(=O)c1ccc(Br)cc1)N(C)C1CCS(=O)(=O)C1. The van der Waals surface area contributed by atoms with Crippen LogP contribution in [0, 0.1) is 0 Å². The van der Waals surface area contributed by atoms with Crippen molar-refractivity contribution in [1.82, 2.24) is 4.90 Å². The molecule has 2 atom stereocenters. The summed E-state index contributed by atoms with van der Waals surface area (Å²) in [6.07, 6.45) is 0.608. The van der Waals surface area contributed by atoms with Gasteiger partial charge in [-0.1, -0.05) is 28.1 Å². The van der Waals surface area contributed by atoms with Gasteiger partial charge in [-0.2, -0.15) is 0 Å². The molecule has 0 spiro atoms. The Morgan fingerprint density at radius 2 is 1.95 bits per heavy atom. The number of nitrogens with zero attached hydrogens (tertiary/aromatic N) is 1. The molecule has 20 heavy (non-hydrogen) atoms. The third kappa shape index (κ3) is 3.48. The van der Waals surface area contributed by atoms with Crippen LogP contribution in [0.5, 0.6) is 0 Å². The molecule has 1 heterocycles. The first-order valence-corrected chi connectivity index (χ1v) is 9.14. The molecule has 0 aliphatic carbocycles. The van der Waals surface area contributed by atoms with Crippen molar-refractivity contribution in [2.45, 2.75) is 25.4 Å². The maximum absolute atomic E-state index is 12.4. The number of likely N-dealkylation sites (N-methyl/N-ethyl adjacent to an activating group) is 1. The van der Waals surface area contributed by atoms with Crippen molar-refractivity contribution >= 4 is 31.6 Å². The van der Waals surface area contributed by atoms with Crippen LogP contribution in [0.15, 0.2) is 28.7 Å². The Hall–Kier alpha value is -0.720. The van der Waals surface area contributed by atoms with E-state index in [2.05, 4.69) is 15.9 Å². The number of carbonyl (C=O) groups excluding carboxylic acids is 1. The highest BCUT2D eigenvalue weighted by Gasteiger charge is 2.34. The Labute approximate surface area is 128 Å². The van der Waals surface area contributed by atoms with Gasteiger partial charge in [-0.25, -0.2) is 8.42 Å². The molecule has 0 radical (unpaired) electrons. The Morgan fingerprint density at radius 3 is 2.45 bits per heavy atom. The number of sulfone groups is 1. The second-order valence-electron chi connectivity index (χ2n) is 5.27. The van der Waals surface area contributed by atoms with E-state index in [1.54, 1.807) is 12.1 Å². The molecule has 4 nitrogen and oxygen atoms in total. The second-order valence-corrected chi connectivity index (χ2v) is 8.41. The fourth-order valence-corrected chi connectivity index (χ4v) is 4.50. The number of carbonyl (C=O) groups is 1. The molecule has 0 saturated carbocycles. The fraction of sp³-hybridized carbons (Fsp3) is 0.500. The molecule has 2 rings (SSSR count). The molecule has 0 bridgehead atoms. The molecule has 1 aromatic carbocycles. The maximum atomic E-state index is 12.4.